The molecular weight excluding hydrogens is 102 g/mol. The Morgan fingerprint density at radius 3 is 2.88 bits per heavy atom. The molecule has 0 aliphatic carbocycles. The number of carbonyl (C=O) groups excluding carboxylic acids is 1. The normalized spacial score (nSPS) is 8.12. The molecule has 0 atom stereocenters. The van der Waals surface area contributed by atoms with Crippen LogP contribution in [0.3, 0.4) is 0 Å². The first kappa shape index (κ1) is 7.21. The summed E-state index contributed by atoms with van der Waals surface area (Å²) in [5.74, 6) is 0. The molecule has 0 aromatic rings. The van der Waals surface area contributed by atoms with E-state index >= 15 is 0 Å². The summed E-state index contributed by atoms with van der Waals surface area (Å²) in [5.41, 5.74) is 1.05. The van der Waals surface area contributed by atoms with Crippen LogP contribution in [-0.2, 0) is 4.79 Å². The highest BCUT2D eigenvalue weighted by Gasteiger charge is 1.84. The van der Waals surface area contributed by atoms with Gasteiger partial charge in [-0.15, -0.1) is 0 Å². The topological polar surface area (TPSA) is 29.1 Å². The molecule has 0 rings (SSSR count). The summed E-state index contributed by atoms with van der Waals surface area (Å²) < 4.78 is 0. The van der Waals surface area contributed by atoms with Gasteiger partial charge >= 0.3 is 0 Å². The monoisotopic (exact) mass is 113 g/mol. The van der Waals surface area contributed by atoms with Gasteiger partial charge in [-0.3, -0.25) is 4.79 Å². The molecule has 2 nitrogen and oxygen atoms in total. The quantitative estimate of drug-likeness (QED) is 0.422. The zero-order valence-electron chi connectivity index (χ0n) is 5.11. The Labute approximate surface area is 49.6 Å². The van der Waals surface area contributed by atoms with Gasteiger partial charge in [-0.2, -0.15) is 0 Å². The van der Waals surface area contributed by atoms with Crippen molar-refractivity contribution in [1.82, 2.24) is 5.32 Å². The summed E-state index contributed by atoms with van der Waals surface area (Å²) in [7, 11) is 0. The number of amides is 1. The highest BCUT2D eigenvalue weighted by Crippen LogP contribution is 1.90. The molecule has 0 spiro atoms. The van der Waals surface area contributed by atoms with E-state index < -0.39 is 0 Å². The van der Waals surface area contributed by atoms with Crippen molar-refractivity contribution in [3.63, 3.8) is 0 Å². The number of rotatable bonds is 4. The summed E-state index contributed by atoms with van der Waals surface area (Å²) >= 11 is 0. The molecule has 1 amide bonds. The summed E-state index contributed by atoms with van der Waals surface area (Å²) in [6.07, 6.45) is 1.61. The minimum atomic E-state index is 0.611. The van der Waals surface area contributed by atoms with Crippen molar-refractivity contribution in [1.29, 1.82) is 0 Å². The Morgan fingerprint density at radius 2 is 2.50 bits per heavy atom. The van der Waals surface area contributed by atoms with Crippen LogP contribution in [0.2, 0.25) is 0 Å². The third-order valence-electron chi connectivity index (χ3n) is 0.935. The van der Waals surface area contributed by atoms with Crippen molar-refractivity contribution < 1.29 is 4.79 Å². The molecule has 0 aliphatic heterocycles. The van der Waals surface area contributed by atoms with E-state index in [4.69, 9.17) is 0 Å². The maximum Gasteiger partial charge on any atom is 0.207 e. The molecule has 0 heterocycles. The lowest BCUT2D eigenvalue weighted by molar-refractivity contribution is -0.109. The molecule has 8 heavy (non-hydrogen) atoms. The summed E-state index contributed by atoms with van der Waals surface area (Å²) in [6, 6.07) is 0. The largest absolute Gasteiger partial charge is 0.355 e. The smallest absolute Gasteiger partial charge is 0.207 e. The van der Waals surface area contributed by atoms with E-state index in [1.807, 2.05) is 6.92 Å². The molecule has 46 valence electrons. The van der Waals surface area contributed by atoms with Crippen molar-refractivity contribution in [3.8, 4) is 0 Å². The molecule has 0 aromatic carbocycles. The zero-order valence-corrected chi connectivity index (χ0v) is 5.11. The first-order chi connectivity index (χ1) is 3.81. The fraction of sp³-hybridized carbons (Fsp3) is 0.500. The van der Waals surface area contributed by atoms with Crippen LogP contribution >= 0.6 is 0 Å². The van der Waals surface area contributed by atoms with Gasteiger partial charge in [-0.25, -0.2) is 0 Å². The van der Waals surface area contributed by atoms with Crippen molar-refractivity contribution in [2.75, 3.05) is 6.54 Å². The number of hydrogen-bond acceptors (Lipinski definition) is 1. The third kappa shape index (κ3) is 3.40. The van der Waals surface area contributed by atoms with Crippen LogP contribution in [-0.4, -0.2) is 13.0 Å². The van der Waals surface area contributed by atoms with Gasteiger partial charge in [-0.05, 0) is 6.42 Å². The summed E-state index contributed by atoms with van der Waals surface area (Å²) in [4.78, 5) is 9.67. The first-order valence-corrected chi connectivity index (χ1v) is 2.65. The molecule has 0 radical (unpaired) electrons. The van der Waals surface area contributed by atoms with Crippen LogP contribution in [0.5, 0.6) is 0 Å². The molecule has 2 heteroatoms. The van der Waals surface area contributed by atoms with Crippen LogP contribution in [0.1, 0.15) is 13.3 Å². The molecule has 0 aliphatic rings. The van der Waals surface area contributed by atoms with Crippen LogP contribution < -0.4 is 5.32 Å². The van der Waals surface area contributed by atoms with E-state index in [9.17, 15) is 4.79 Å². The lowest BCUT2D eigenvalue weighted by Gasteiger charge is -1.96. The van der Waals surface area contributed by atoms with Gasteiger partial charge in [0, 0.05) is 6.54 Å². The Hall–Kier alpha value is -0.790. The van der Waals surface area contributed by atoms with Crippen LogP contribution in [0.25, 0.3) is 0 Å². The van der Waals surface area contributed by atoms with E-state index in [1.54, 1.807) is 0 Å². The molecule has 0 aromatic heterocycles. The summed E-state index contributed by atoms with van der Waals surface area (Å²) in [5, 5.41) is 2.52. The van der Waals surface area contributed by atoms with E-state index in [-0.39, 0.29) is 0 Å². The van der Waals surface area contributed by atoms with Gasteiger partial charge < -0.3 is 5.32 Å². The van der Waals surface area contributed by atoms with Gasteiger partial charge in [0.25, 0.3) is 0 Å². The van der Waals surface area contributed by atoms with E-state index in [1.165, 1.54) is 0 Å². The Kier molecular flexibility index (Phi) is 3.94. The molecule has 0 bridgehead atoms. The average Bonchev–Trinajstić information content (AvgIpc) is 1.83. The van der Waals surface area contributed by atoms with Crippen LogP contribution in [0.15, 0.2) is 12.2 Å². The van der Waals surface area contributed by atoms with E-state index in [2.05, 4.69) is 11.9 Å². The van der Waals surface area contributed by atoms with Crippen LogP contribution in [0, 0.1) is 0 Å². The molecule has 0 saturated carbocycles. The Bertz CT molecular complexity index is 88.5. The van der Waals surface area contributed by atoms with Crippen molar-refractivity contribution in [2.45, 2.75) is 13.3 Å². The Morgan fingerprint density at radius 1 is 1.88 bits per heavy atom. The van der Waals surface area contributed by atoms with E-state index in [0.717, 1.165) is 12.0 Å². The predicted molar refractivity (Wildman–Crippen MR) is 33.5 cm³/mol. The zero-order chi connectivity index (χ0) is 6.41. The highest BCUT2D eigenvalue weighted by molar-refractivity contribution is 5.46. The maximum atomic E-state index is 9.67. The minimum absolute atomic E-state index is 0.611. The molecule has 0 fully saturated rings. The van der Waals surface area contributed by atoms with Crippen molar-refractivity contribution in [2.24, 2.45) is 0 Å². The van der Waals surface area contributed by atoms with E-state index in [0.29, 0.717) is 13.0 Å². The molecule has 1 N–H and O–H groups in total. The lowest BCUT2D eigenvalue weighted by atomic mass is 10.2. The second-order valence-electron chi connectivity index (χ2n) is 1.60. The van der Waals surface area contributed by atoms with Gasteiger partial charge in [0.1, 0.15) is 0 Å². The van der Waals surface area contributed by atoms with Gasteiger partial charge in [0.2, 0.25) is 6.41 Å². The molecule has 0 unspecified atom stereocenters. The lowest BCUT2D eigenvalue weighted by Crippen LogP contribution is -2.13. The molecule has 0 saturated heterocycles. The second-order valence-corrected chi connectivity index (χ2v) is 1.60. The first-order valence-electron chi connectivity index (χ1n) is 2.65. The molecular formula is C6H11NO. The standard InChI is InChI=1S/C6H11NO/c1-3-6(2)4-7-5-8/h5H,2-4H2,1H3,(H,7,8). The average molecular weight is 113 g/mol. The Balaban J connectivity index is 3.11. The number of hydrogen-bond donors (Lipinski definition) is 1. The summed E-state index contributed by atoms with van der Waals surface area (Å²) in [6.45, 7) is 6.31. The SMILES string of the molecule is C=C(CC)CNC=O. The highest BCUT2D eigenvalue weighted by atomic mass is 16.1. The second kappa shape index (κ2) is 4.37. The fourth-order valence-electron chi connectivity index (χ4n) is 0.311. The third-order valence-corrected chi connectivity index (χ3v) is 0.935. The fourth-order valence-corrected chi connectivity index (χ4v) is 0.311. The number of carbonyl (C=O) groups is 1. The predicted octanol–water partition coefficient (Wildman–Crippen LogP) is 0.699. The number of nitrogens with one attached hydrogen (secondary N) is 1. The van der Waals surface area contributed by atoms with Gasteiger partial charge in [0.05, 0.1) is 0 Å². The van der Waals surface area contributed by atoms with Gasteiger partial charge in [-0.1, -0.05) is 19.1 Å². The van der Waals surface area contributed by atoms with Crippen molar-refractivity contribution in [3.05, 3.63) is 12.2 Å². The van der Waals surface area contributed by atoms with Crippen LogP contribution in [0.4, 0.5) is 0 Å². The minimum Gasteiger partial charge on any atom is -0.355 e. The maximum absolute atomic E-state index is 9.67. The van der Waals surface area contributed by atoms with Gasteiger partial charge in [0.15, 0.2) is 0 Å². The van der Waals surface area contributed by atoms with Crippen molar-refractivity contribution >= 4 is 6.41 Å².